The van der Waals surface area contributed by atoms with Crippen LogP contribution in [-0.4, -0.2) is 48.2 Å². The highest BCUT2D eigenvalue weighted by Gasteiger charge is 2.35. The minimum Gasteiger partial charge on any atom is -0.350 e. The fourth-order valence-corrected chi connectivity index (χ4v) is 6.48. The highest BCUT2D eigenvalue weighted by atomic mass is 35.5. The number of nitrogens with one attached hydrogen (secondary N) is 1. The summed E-state index contributed by atoms with van der Waals surface area (Å²) in [6.07, 6.45) is 0.151. The summed E-state index contributed by atoms with van der Waals surface area (Å²) in [6, 6.07) is 27.5. The van der Waals surface area contributed by atoms with Crippen LogP contribution < -0.4 is 9.62 Å². The standard InChI is InChI=1S/C34H35ClN4O6S/c1-34(2,3)36-33(41)31(22-25-11-6-4-7-12-25)37(23-26-13-10-14-27(35)21-26)32(40)24-38(28-17-19-29(20-18-28)39(42)43)46(44,45)30-15-8-5-9-16-30/h4-21,31H,22-24H2,1-3H3,(H,36,41). The second kappa shape index (κ2) is 14.6. The molecule has 1 N–H and O–H groups in total. The van der Waals surface area contributed by atoms with Crippen molar-refractivity contribution in [2.75, 3.05) is 10.8 Å². The summed E-state index contributed by atoms with van der Waals surface area (Å²) in [6.45, 7) is 4.75. The maximum Gasteiger partial charge on any atom is 0.269 e. The molecule has 0 saturated heterocycles. The number of nitro benzene ring substituents is 1. The number of carbonyl (C=O) groups excluding carboxylic acids is 2. The number of non-ortho nitro benzene ring substituents is 1. The van der Waals surface area contributed by atoms with E-state index in [9.17, 15) is 28.1 Å². The van der Waals surface area contributed by atoms with Crippen molar-refractivity contribution in [2.45, 2.75) is 50.2 Å². The lowest BCUT2D eigenvalue weighted by Gasteiger charge is -2.35. The fraction of sp³-hybridized carbons (Fsp3) is 0.235. The van der Waals surface area contributed by atoms with Gasteiger partial charge < -0.3 is 10.2 Å². The van der Waals surface area contributed by atoms with Crippen LogP contribution in [0.15, 0.2) is 114 Å². The number of anilines is 1. The number of nitro groups is 1. The van der Waals surface area contributed by atoms with Gasteiger partial charge in [-0.25, -0.2) is 8.42 Å². The summed E-state index contributed by atoms with van der Waals surface area (Å²) in [5.41, 5.74) is 0.610. The molecule has 0 aliphatic heterocycles. The maximum absolute atomic E-state index is 14.5. The van der Waals surface area contributed by atoms with Crippen molar-refractivity contribution in [1.82, 2.24) is 10.2 Å². The van der Waals surface area contributed by atoms with E-state index in [4.69, 9.17) is 11.6 Å². The predicted octanol–water partition coefficient (Wildman–Crippen LogP) is 6.00. The first-order valence-electron chi connectivity index (χ1n) is 14.5. The van der Waals surface area contributed by atoms with Gasteiger partial charge in [0.25, 0.3) is 15.7 Å². The van der Waals surface area contributed by atoms with Crippen molar-refractivity contribution < 1.29 is 22.9 Å². The summed E-state index contributed by atoms with van der Waals surface area (Å²) in [5, 5.41) is 14.7. The van der Waals surface area contributed by atoms with E-state index in [1.165, 1.54) is 41.3 Å². The molecule has 0 spiro atoms. The molecule has 1 atom stereocenters. The molecule has 0 radical (unpaired) electrons. The number of halogens is 1. The van der Waals surface area contributed by atoms with Gasteiger partial charge >= 0.3 is 0 Å². The van der Waals surface area contributed by atoms with Gasteiger partial charge in [-0.3, -0.25) is 24.0 Å². The molecule has 0 bridgehead atoms. The highest BCUT2D eigenvalue weighted by molar-refractivity contribution is 7.92. The van der Waals surface area contributed by atoms with Gasteiger partial charge in [-0.2, -0.15) is 0 Å². The smallest absolute Gasteiger partial charge is 0.269 e. The second-order valence-electron chi connectivity index (χ2n) is 11.7. The van der Waals surface area contributed by atoms with Crippen LogP contribution >= 0.6 is 11.6 Å². The molecule has 2 amide bonds. The lowest BCUT2D eigenvalue weighted by atomic mass is 10.0. The third-order valence-corrected chi connectivity index (χ3v) is 8.99. The molecule has 10 nitrogen and oxygen atoms in total. The second-order valence-corrected chi connectivity index (χ2v) is 14.0. The van der Waals surface area contributed by atoms with Crippen molar-refractivity contribution in [1.29, 1.82) is 0 Å². The van der Waals surface area contributed by atoms with Crippen LogP contribution in [-0.2, 0) is 32.6 Å². The largest absolute Gasteiger partial charge is 0.350 e. The lowest BCUT2D eigenvalue weighted by molar-refractivity contribution is -0.384. The summed E-state index contributed by atoms with van der Waals surface area (Å²) < 4.78 is 28.9. The number of hydrogen-bond acceptors (Lipinski definition) is 6. The molecule has 0 heterocycles. The summed E-state index contributed by atoms with van der Waals surface area (Å²) in [5.74, 6) is -1.08. The van der Waals surface area contributed by atoms with Gasteiger partial charge in [0, 0.05) is 35.7 Å². The van der Waals surface area contributed by atoms with E-state index in [1.54, 1.807) is 42.5 Å². The molecular weight excluding hydrogens is 628 g/mol. The number of sulfonamides is 1. The van der Waals surface area contributed by atoms with Gasteiger partial charge in [-0.05, 0) is 68.3 Å². The molecule has 46 heavy (non-hydrogen) atoms. The molecule has 0 aliphatic rings. The number of benzene rings is 4. The predicted molar refractivity (Wildman–Crippen MR) is 178 cm³/mol. The van der Waals surface area contributed by atoms with E-state index < -0.39 is 44.9 Å². The first kappa shape index (κ1) is 34.1. The fourth-order valence-electron chi connectivity index (χ4n) is 4.83. The average molecular weight is 663 g/mol. The Morgan fingerprint density at radius 2 is 1.46 bits per heavy atom. The molecule has 12 heteroatoms. The van der Waals surface area contributed by atoms with Crippen LogP contribution in [0.1, 0.15) is 31.9 Å². The van der Waals surface area contributed by atoms with Crippen molar-refractivity contribution >= 4 is 44.8 Å². The highest BCUT2D eigenvalue weighted by Crippen LogP contribution is 2.27. The van der Waals surface area contributed by atoms with Crippen LogP contribution in [0.5, 0.6) is 0 Å². The summed E-state index contributed by atoms with van der Waals surface area (Å²) in [4.78, 5) is 40.4. The van der Waals surface area contributed by atoms with Crippen molar-refractivity contribution in [3.8, 4) is 0 Å². The molecular formula is C34H35ClN4O6S. The number of nitrogens with zero attached hydrogens (tertiary/aromatic N) is 3. The van der Waals surface area contributed by atoms with E-state index >= 15 is 0 Å². The van der Waals surface area contributed by atoms with Crippen molar-refractivity contribution in [2.24, 2.45) is 0 Å². The van der Waals surface area contributed by atoms with Crippen molar-refractivity contribution in [3.63, 3.8) is 0 Å². The minimum absolute atomic E-state index is 0.0456. The van der Waals surface area contributed by atoms with Crippen LogP contribution in [0, 0.1) is 10.1 Å². The first-order chi connectivity index (χ1) is 21.7. The SMILES string of the molecule is CC(C)(C)NC(=O)C(Cc1ccccc1)N(Cc1cccc(Cl)c1)C(=O)CN(c1ccc([N+](=O)[O-])cc1)S(=O)(=O)c1ccccc1. The van der Waals surface area contributed by atoms with Gasteiger partial charge in [-0.1, -0.05) is 72.3 Å². The zero-order valence-electron chi connectivity index (χ0n) is 25.7. The van der Waals surface area contributed by atoms with Crippen LogP contribution in [0.2, 0.25) is 5.02 Å². The number of hydrogen-bond donors (Lipinski definition) is 1. The van der Waals surface area contributed by atoms with Gasteiger partial charge in [0.2, 0.25) is 11.8 Å². The van der Waals surface area contributed by atoms with Crippen LogP contribution in [0.3, 0.4) is 0 Å². The minimum atomic E-state index is -4.33. The summed E-state index contributed by atoms with van der Waals surface area (Å²) in [7, 11) is -4.33. The molecule has 0 aromatic heterocycles. The monoisotopic (exact) mass is 662 g/mol. The molecule has 0 fully saturated rings. The quantitative estimate of drug-likeness (QED) is 0.146. The first-order valence-corrected chi connectivity index (χ1v) is 16.3. The molecule has 0 saturated carbocycles. The Balaban J connectivity index is 1.82. The van der Waals surface area contributed by atoms with Gasteiger partial charge in [0.05, 0.1) is 15.5 Å². The molecule has 4 aromatic carbocycles. The van der Waals surface area contributed by atoms with Gasteiger partial charge in [-0.15, -0.1) is 0 Å². The molecule has 0 aliphatic carbocycles. The third-order valence-electron chi connectivity index (χ3n) is 6.97. The van der Waals surface area contributed by atoms with Crippen molar-refractivity contribution in [3.05, 3.63) is 135 Å². The van der Waals surface area contributed by atoms with E-state index in [1.807, 2.05) is 51.1 Å². The zero-order valence-corrected chi connectivity index (χ0v) is 27.2. The van der Waals surface area contributed by atoms with E-state index in [-0.39, 0.29) is 29.2 Å². The third kappa shape index (κ3) is 8.92. The molecule has 1 unspecified atom stereocenters. The number of amides is 2. The maximum atomic E-state index is 14.5. The molecule has 4 aromatic rings. The topological polar surface area (TPSA) is 130 Å². The average Bonchev–Trinajstić information content (AvgIpc) is 3.01. The Bertz CT molecular complexity index is 1780. The Kier molecular flexibility index (Phi) is 10.8. The molecule has 4 rings (SSSR count). The summed E-state index contributed by atoms with van der Waals surface area (Å²) >= 11 is 6.28. The van der Waals surface area contributed by atoms with E-state index in [0.29, 0.717) is 10.6 Å². The lowest BCUT2D eigenvalue weighted by Crippen LogP contribution is -2.56. The molecule has 240 valence electrons. The van der Waals surface area contributed by atoms with Crippen LogP contribution in [0.4, 0.5) is 11.4 Å². The van der Waals surface area contributed by atoms with Gasteiger partial charge in [0.15, 0.2) is 0 Å². The Hall–Kier alpha value is -4.74. The van der Waals surface area contributed by atoms with Crippen LogP contribution in [0.25, 0.3) is 0 Å². The van der Waals surface area contributed by atoms with Gasteiger partial charge in [0.1, 0.15) is 12.6 Å². The Labute approximate surface area is 273 Å². The normalized spacial score (nSPS) is 12.2. The zero-order chi connectivity index (χ0) is 33.5. The Morgan fingerprint density at radius 1 is 0.870 bits per heavy atom. The van der Waals surface area contributed by atoms with E-state index in [2.05, 4.69) is 5.32 Å². The Morgan fingerprint density at radius 3 is 2.02 bits per heavy atom. The number of carbonyl (C=O) groups is 2. The van der Waals surface area contributed by atoms with E-state index in [0.717, 1.165) is 9.87 Å². The number of rotatable bonds is 12.